The highest BCUT2D eigenvalue weighted by molar-refractivity contribution is 6.14. The average Bonchev–Trinajstić information content (AvgIpc) is 1.61. The minimum Gasteiger partial charge on any atom is -0.309 e. The second-order valence-electron chi connectivity index (χ2n) is 27.6. The van der Waals surface area contributed by atoms with Gasteiger partial charge in [0.15, 0.2) is 0 Å². The molecule has 0 aliphatic rings. The van der Waals surface area contributed by atoms with Crippen LogP contribution in [0.25, 0.3) is 188 Å². The van der Waals surface area contributed by atoms with Crippen LogP contribution in [0, 0.1) is 0 Å². The Hall–Kier alpha value is -14.1. The van der Waals surface area contributed by atoms with Crippen molar-refractivity contribution in [3.05, 3.63) is 413 Å². The van der Waals surface area contributed by atoms with Crippen molar-refractivity contribution in [1.82, 2.24) is 18.3 Å². The predicted octanol–water partition coefficient (Wildman–Crippen LogP) is 27.4. The molecule has 0 saturated heterocycles. The van der Waals surface area contributed by atoms with E-state index < -0.39 is 0 Å². The van der Waals surface area contributed by atoms with Crippen LogP contribution >= 0.6 is 0 Å². The summed E-state index contributed by atoms with van der Waals surface area (Å²) in [4.78, 5) is 0. The first-order chi connectivity index (χ1) is 52.6. The molecule has 0 aliphatic carbocycles. The molecular weight excluding hydrogens is 1280 g/mol. The maximum absolute atomic E-state index is 2.39. The van der Waals surface area contributed by atoms with E-state index in [4.69, 9.17) is 0 Å². The maximum Gasteiger partial charge on any atom is 0.0541 e. The van der Waals surface area contributed by atoms with E-state index in [-0.39, 0.29) is 0 Å². The van der Waals surface area contributed by atoms with Crippen molar-refractivity contribution in [2.75, 3.05) is 0 Å². The molecule has 21 rings (SSSR count). The standard InChI is InChI=1S/C54H36N2.C48H32N2/c1-3-11-37(12-4-1)39-23-29-45(30-24-39)55-51-17-9-7-15-47(51)49-35-43(27-33-53(49)55)41-19-21-42(22-20-41)44-28-34-54-50(36-44)48-16-8-10-18-52(48)56(54)46-31-25-40(26-32-46)38-13-5-2-6-14-38;1-3-11-33(12-4-1)34-23-27-40(28-24-34)50-46-18-10-8-16-42(46)44-32-38(26-30-48(44)50)36-21-19-35(20-22-36)37-25-29-47-43(31-37)41-15-7-9-17-45(41)49(47)39-13-5-2-6-14-39/h1-36H;1-32H. The summed E-state index contributed by atoms with van der Waals surface area (Å²) in [6.07, 6.45) is 0. The molecule has 0 atom stereocenters. The molecule has 0 N–H and O–H groups in total. The van der Waals surface area contributed by atoms with Crippen molar-refractivity contribution >= 4 is 87.2 Å². The van der Waals surface area contributed by atoms with Crippen LogP contribution in [0.1, 0.15) is 0 Å². The molecule has 17 aromatic carbocycles. The van der Waals surface area contributed by atoms with Gasteiger partial charge in [-0.15, -0.1) is 0 Å². The summed E-state index contributed by atoms with van der Waals surface area (Å²) in [5.74, 6) is 0. The Bertz CT molecular complexity index is 6620. The fourth-order valence-corrected chi connectivity index (χ4v) is 16.3. The van der Waals surface area contributed by atoms with Crippen molar-refractivity contribution in [2.45, 2.75) is 0 Å². The van der Waals surface area contributed by atoms with Crippen molar-refractivity contribution in [3.8, 4) is 101 Å². The van der Waals surface area contributed by atoms with E-state index in [9.17, 15) is 0 Å². The van der Waals surface area contributed by atoms with E-state index in [1.165, 1.54) is 171 Å². The Labute approximate surface area is 614 Å². The highest BCUT2D eigenvalue weighted by atomic mass is 15.0. The zero-order valence-electron chi connectivity index (χ0n) is 58.0. The number of para-hydroxylation sites is 5. The summed E-state index contributed by atoms with van der Waals surface area (Å²) in [5, 5.41) is 10.1. The van der Waals surface area contributed by atoms with Crippen LogP contribution in [0.4, 0.5) is 0 Å². The van der Waals surface area contributed by atoms with E-state index >= 15 is 0 Å². The molecule has 0 aliphatic heterocycles. The van der Waals surface area contributed by atoms with E-state index in [1.54, 1.807) is 0 Å². The van der Waals surface area contributed by atoms with Gasteiger partial charge in [0, 0.05) is 65.8 Å². The topological polar surface area (TPSA) is 19.7 Å². The van der Waals surface area contributed by atoms with Gasteiger partial charge < -0.3 is 18.3 Å². The molecule has 0 spiro atoms. The number of hydrogen-bond acceptors (Lipinski definition) is 0. The molecule has 0 fully saturated rings. The summed E-state index contributed by atoms with van der Waals surface area (Å²) in [6, 6.07) is 150. The minimum atomic E-state index is 1.16. The van der Waals surface area contributed by atoms with Gasteiger partial charge in [-0.25, -0.2) is 0 Å². The second kappa shape index (κ2) is 26.1. The molecule has 0 bridgehead atoms. The second-order valence-corrected chi connectivity index (χ2v) is 27.6. The number of nitrogens with zero attached hydrogens (tertiary/aromatic N) is 4. The third kappa shape index (κ3) is 10.9. The van der Waals surface area contributed by atoms with Crippen LogP contribution in [0.5, 0.6) is 0 Å². The molecule has 0 saturated carbocycles. The van der Waals surface area contributed by atoms with Gasteiger partial charge in [0.2, 0.25) is 0 Å². The Balaban J connectivity index is 0.000000141. The van der Waals surface area contributed by atoms with Gasteiger partial charge in [0.25, 0.3) is 0 Å². The first-order valence-electron chi connectivity index (χ1n) is 36.4. The highest BCUT2D eigenvalue weighted by Crippen LogP contribution is 2.42. The number of rotatable bonds is 11. The lowest BCUT2D eigenvalue weighted by atomic mass is 9.98. The van der Waals surface area contributed by atoms with E-state index in [0.29, 0.717) is 0 Å². The van der Waals surface area contributed by atoms with Gasteiger partial charge in [0.1, 0.15) is 0 Å². The van der Waals surface area contributed by atoms with Crippen LogP contribution in [-0.2, 0) is 0 Å². The minimum absolute atomic E-state index is 1.16. The van der Waals surface area contributed by atoms with Crippen molar-refractivity contribution in [1.29, 1.82) is 0 Å². The number of fused-ring (bicyclic) bond motifs is 12. The van der Waals surface area contributed by atoms with Crippen molar-refractivity contribution < 1.29 is 0 Å². The van der Waals surface area contributed by atoms with Crippen LogP contribution in [0.2, 0.25) is 0 Å². The quantitative estimate of drug-likeness (QED) is 0.123. The largest absolute Gasteiger partial charge is 0.309 e. The number of hydrogen-bond donors (Lipinski definition) is 0. The fraction of sp³-hybridized carbons (Fsp3) is 0. The van der Waals surface area contributed by atoms with E-state index in [1.807, 2.05) is 0 Å². The molecule has 0 amide bonds. The normalized spacial score (nSPS) is 11.6. The molecule has 106 heavy (non-hydrogen) atoms. The Morgan fingerprint density at radius 3 is 0.509 bits per heavy atom. The smallest absolute Gasteiger partial charge is 0.0541 e. The fourth-order valence-electron chi connectivity index (χ4n) is 16.3. The van der Waals surface area contributed by atoms with Gasteiger partial charge in [-0.2, -0.15) is 0 Å². The number of benzene rings is 17. The zero-order chi connectivity index (χ0) is 70.0. The van der Waals surface area contributed by atoms with Crippen LogP contribution in [0.15, 0.2) is 413 Å². The highest BCUT2D eigenvalue weighted by Gasteiger charge is 2.20. The van der Waals surface area contributed by atoms with Gasteiger partial charge in [-0.1, -0.05) is 291 Å². The number of aromatic nitrogens is 4. The van der Waals surface area contributed by atoms with Crippen molar-refractivity contribution in [3.63, 3.8) is 0 Å². The molecule has 4 heteroatoms. The van der Waals surface area contributed by atoms with Crippen LogP contribution < -0.4 is 0 Å². The molecule has 4 nitrogen and oxygen atoms in total. The summed E-state index contributed by atoms with van der Waals surface area (Å²) < 4.78 is 9.53. The molecular formula is C102H68N4. The molecule has 0 radical (unpaired) electrons. The first-order valence-corrected chi connectivity index (χ1v) is 36.4. The van der Waals surface area contributed by atoms with E-state index in [0.717, 1.165) is 17.1 Å². The maximum atomic E-state index is 2.39. The SMILES string of the molecule is c1ccc(-c2ccc(-n3c4ccccc4c4cc(-c5ccc(-c6ccc7c(c6)c6ccccc6n7-c6ccc(-c7ccccc7)cc6)cc5)ccc43)cc2)cc1.c1ccc(-c2ccc(-n3c4ccccc4c4cc(-c5ccc(-c6ccc7c(c6)c6ccccc6n7-c6ccccc6)cc5)ccc43)cc2)cc1. The molecule has 0 unspecified atom stereocenters. The summed E-state index contributed by atoms with van der Waals surface area (Å²) in [5.41, 5.74) is 31.4. The summed E-state index contributed by atoms with van der Waals surface area (Å²) >= 11 is 0. The van der Waals surface area contributed by atoms with E-state index in [2.05, 4.69) is 431 Å². The van der Waals surface area contributed by atoms with Crippen LogP contribution in [0.3, 0.4) is 0 Å². The van der Waals surface area contributed by atoms with Gasteiger partial charge in [-0.3, -0.25) is 0 Å². The van der Waals surface area contributed by atoms with Crippen LogP contribution in [-0.4, -0.2) is 18.3 Å². The zero-order valence-corrected chi connectivity index (χ0v) is 58.0. The lowest BCUT2D eigenvalue weighted by molar-refractivity contribution is 1.18. The predicted molar refractivity (Wildman–Crippen MR) is 448 cm³/mol. The molecule has 496 valence electrons. The molecule has 4 aromatic heterocycles. The molecule has 21 aromatic rings. The third-order valence-electron chi connectivity index (χ3n) is 21.5. The summed E-state index contributed by atoms with van der Waals surface area (Å²) in [7, 11) is 0. The third-order valence-corrected chi connectivity index (χ3v) is 21.5. The van der Waals surface area contributed by atoms with Gasteiger partial charge in [0.05, 0.1) is 44.1 Å². The van der Waals surface area contributed by atoms with Crippen molar-refractivity contribution in [2.24, 2.45) is 0 Å². The Morgan fingerprint density at radius 1 is 0.104 bits per heavy atom. The Kier molecular flexibility index (Phi) is 15.2. The Morgan fingerprint density at radius 2 is 0.264 bits per heavy atom. The lowest BCUT2D eigenvalue weighted by Gasteiger charge is -2.10. The monoisotopic (exact) mass is 1350 g/mol. The average molecular weight is 1350 g/mol. The lowest BCUT2D eigenvalue weighted by Crippen LogP contribution is -1.93. The van der Waals surface area contributed by atoms with Gasteiger partial charge in [-0.05, 0) is 199 Å². The first kappa shape index (κ1) is 61.8. The molecule has 4 heterocycles. The van der Waals surface area contributed by atoms with Gasteiger partial charge >= 0.3 is 0 Å². The summed E-state index contributed by atoms with van der Waals surface area (Å²) in [6.45, 7) is 0.